The first-order chi connectivity index (χ1) is 11.1. The van der Waals surface area contributed by atoms with Gasteiger partial charge in [0.15, 0.2) is 4.96 Å². The summed E-state index contributed by atoms with van der Waals surface area (Å²) in [5, 5.41) is 7.53. The van der Waals surface area contributed by atoms with Gasteiger partial charge in [-0.2, -0.15) is 0 Å². The summed E-state index contributed by atoms with van der Waals surface area (Å²) in [5.41, 5.74) is 1.78. The average molecular weight is 348 g/mol. The molecule has 3 aromatic rings. The van der Waals surface area contributed by atoms with Crippen molar-refractivity contribution in [2.75, 3.05) is 6.26 Å². The lowest BCUT2D eigenvalue weighted by atomic mass is 10.2. The number of hydrogen-bond acceptors (Lipinski definition) is 4. The third kappa shape index (κ3) is 3.96. The van der Waals surface area contributed by atoms with Gasteiger partial charge in [-0.1, -0.05) is 12.1 Å². The maximum Gasteiger partial charge on any atom is 0.315 e. The molecule has 6 nitrogen and oxygen atoms in total. The summed E-state index contributed by atoms with van der Waals surface area (Å²) in [6.45, 7) is 0.800. The first kappa shape index (κ1) is 15.7. The standard InChI is InChI=1S/C15H16N4O2S2/c1-23(21)13-4-2-11(3-5-13)8-16-14(20)17-9-12-10-19-6-7-22-15(19)18-12/h2-7,10H,8-9H2,1H3,(H2,16,17,20). The van der Waals surface area contributed by atoms with Crippen molar-refractivity contribution in [2.24, 2.45) is 0 Å². The number of hydrogen-bond donors (Lipinski definition) is 2. The Bertz CT molecular complexity index is 810. The number of fused-ring (bicyclic) bond motifs is 1. The normalized spacial score (nSPS) is 12.2. The highest BCUT2D eigenvalue weighted by Gasteiger charge is 2.05. The lowest BCUT2D eigenvalue weighted by molar-refractivity contribution is 0.240. The number of nitrogens with one attached hydrogen (secondary N) is 2. The number of benzene rings is 1. The first-order valence-corrected chi connectivity index (χ1v) is 9.41. The smallest absolute Gasteiger partial charge is 0.315 e. The quantitative estimate of drug-likeness (QED) is 0.742. The topological polar surface area (TPSA) is 75.5 Å². The van der Waals surface area contributed by atoms with Crippen LogP contribution in [0.1, 0.15) is 11.3 Å². The highest BCUT2D eigenvalue weighted by Crippen LogP contribution is 2.11. The van der Waals surface area contributed by atoms with Crippen molar-refractivity contribution in [1.82, 2.24) is 20.0 Å². The van der Waals surface area contributed by atoms with Gasteiger partial charge in [-0.05, 0) is 17.7 Å². The fraction of sp³-hybridized carbons (Fsp3) is 0.200. The van der Waals surface area contributed by atoms with Crippen LogP contribution in [0.5, 0.6) is 0 Å². The van der Waals surface area contributed by atoms with Gasteiger partial charge < -0.3 is 10.6 Å². The summed E-state index contributed by atoms with van der Waals surface area (Å²) in [6, 6.07) is 7.09. The molecule has 0 spiro atoms. The molecule has 0 fully saturated rings. The number of thiazole rings is 1. The molecule has 0 saturated carbocycles. The van der Waals surface area contributed by atoms with E-state index >= 15 is 0 Å². The molecule has 1 aromatic carbocycles. The van der Waals surface area contributed by atoms with Gasteiger partial charge in [-0.3, -0.25) is 8.61 Å². The maximum atomic E-state index is 11.8. The van der Waals surface area contributed by atoms with E-state index < -0.39 is 10.8 Å². The Morgan fingerprint density at radius 3 is 2.70 bits per heavy atom. The van der Waals surface area contributed by atoms with Gasteiger partial charge in [-0.15, -0.1) is 11.3 Å². The lowest BCUT2D eigenvalue weighted by Crippen LogP contribution is -2.34. The van der Waals surface area contributed by atoms with Crippen LogP contribution < -0.4 is 10.6 Å². The predicted molar refractivity (Wildman–Crippen MR) is 90.9 cm³/mol. The fourth-order valence-electron chi connectivity index (χ4n) is 2.08. The summed E-state index contributed by atoms with van der Waals surface area (Å²) in [5.74, 6) is 0. The number of nitrogens with zero attached hydrogens (tertiary/aromatic N) is 2. The molecule has 2 N–H and O–H groups in total. The third-order valence-corrected chi connectivity index (χ3v) is 4.99. The van der Waals surface area contributed by atoms with Crippen molar-refractivity contribution in [3.05, 3.63) is 53.3 Å². The number of carbonyl (C=O) groups excluding carboxylic acids is 1. The zero-order valence-electron chi connectivity index (χ0n) is 12.5. The Morgan fingerprint density at radius 1 is 1.26 bits per heavy atom. The van der Waals surface area contributed by atoms with Crippen LogP contribution in [0.4, 0.5) is 4.79 Å². The Labute approximate surface area is 140 Å². The molecule has 0 aliphatic carbocycles. The van der Waals surface area contributed by atoms with Gasteiger partial charge in [0.05, 0.1) is 12.2 Å². The average Bonchev–Trinajstić information content (AvgIpc) is 3.12. The molecule has 1 unspecified atom stereocenters. The van der Waals surface area contributed by atoms with Crippen LogP contribution in [0.15, 0.2) is 46.9 Å². The molecule has 2 aromatic heterocycles. The second-order valence-electron chi connectivity index (χ2n) is 4.96. The van der Waals surface area contributed by atoms with E-state index in [1.54, 1.807) is 17.6 Å². The van der Waals surface area contributed by atoms with Crippen LogP contribution >= 0.6 is 11.3 Å². The number of amides is 2. The molecular weight excluding hydrogens is 332 g/mol. The molecule has 0 bridgehead atoms. The monoisotopic (exact) mass is 348 g/mol. The van der Waals surface area contributed by atoms with Crippen LogP contribution in [0, 0.1) is 0 Å². The van der Waals surface area contributed by atoms with Gasteiger partial charge in [-0.25, -0.2) is 9.78 Å². The summed E-state index contributed by atoms with van der Waals surface area (Å²) < 4.78 is 13.2. The Balaban J connectivity index is 1.47. The van der Waals surface area contributed by atoms with Gasteiger partial charge in [0.25, 0.3) is 0 Å². The molecule has 8 heteroatoms. The molecule has 1 atom stereocenters. The second kappa shape index (κ2) is 6.93. The van der Waals surface area contributed by atoms with E-state index in [9.17, 15) is 9.00 Å². The van der Waals surface area contributed by atoms with Crippen LogP contribution in [-0.4, -0.2) is 25.9 Å². The number of rotatable bonds is 5. The Morgan fingerprint density at radius 2 is 2.00 bits per heavy atom. The van der Waals surface area contributed by atoms with Crippen LogP contribution in [0.3, 0.4) is 0 Å². The highest BCUT2D eigenvalue weighted by molar-refractivity contribution is 7.84. The molecule has 2 amide bonds. The largest absolute Gasteiger partial charge is 0.334 e. The first-order valence-electron chi connectivity index (χ1n) is 6.97. The fourth-order valence-corrected chi connectivity index (χ4v) is 3.31. The van der Waals surface area contributed by atoms with Crippen LogP contribution in [0.25, 0.3) is 4.96 Å². The van der Waals surface area contributed by atoms with Gasteiger partial charge >= 0.3 is 6.03 Å². The van der Waals surface area contributed by atoms with Crippen LogP contribution in [-0.2, 0) is 23.9 Å². The summed E-state index contributed by atoms with van der Waals surface area (Å²) in [7, 11) is -0.985. The van der Waals surface area contributed by atoms with E-state index in [-0.39, 0.29) is 6.03 Å². The minimum Gasteiger partial charge on any atom is -0.334 e. The molecule has 23 heavy (non-hydrogen) atoms. The maximum absolute atomic E-state index is 11.8. The zero-order valence-corrected chi connectivity index (χ0v) is 14.1. The minimum absolute atomic E-state index is 0.246. The molecule has 3 rings (SSSR count). The minimum atomic E-state index is -0.985. The van der Waals surface area contributed by atoms with Gasteiger partial charge in [0, 0.05) is 46.3 Å². The van der Waals surface area contributed by atoms with Crippen molar-refractivity contribution >= 4 is 33.1 Å². The molecule has 0 aliphatic rings. The number of imidazole rings is 1. The van der Waals surface area contributed by atoms with Crippen LogP contribution in [0.2, 0.25) is 0 Å². The number of carbonyl (C=O) groups is 1. The lowest BCUT2D eigenvalue weighted by Gasteiger charge is -2.07. The van der Waals surface area contributed by atoms with Crippen molar-refractivity contribution in [2.45, 2.75) is 18.0 Å². The molecule has 120 valence electrons. The van der Waals surface area contributed by atoms with Gasteiger partial charge in [0.2, 0.25) is 0 Å². The Kier molecular flexibility index (Phi) is 4.73. The zero-order chi connectivity index (χ0) is 16.2. The van der Waals surface area contributed by atoms with Crippen molar-refractivity contribution in [1.29, 1.82) is 0 Å². The van der Waals surface area contributed by atoms with E-state index in [0.717, 1.165) is 21.1 Å². The summed E-state index contributed by atoms with van der Waals surface area (Å²) >= 11 is 1.55. The van der Waals surface area contributed by atoms with Crippen molar-refractivity contribution in [3.8, 4) is 0 Å². The van der Waals surface area contributed by atoms with E-state index in [4.69, 9.17) is 0 Å². The van der Waals surface area contributed by atoms with E-state index in [1.807, 2.05) is 46.4 Å². The summed E-state index contributed by atoms with van der Waals surface area (Å²) in [6.07, 6.45) is 5.47. The predicted octanol–water partition coefficient (Wildman–Crippen LogP) is 2.13. The van der Waals surface area contributed by atoms with E-state index in [1.165, 1.54) is 0 Å². The summed E-state index contributed by atoms with van der Waals surface area (Å²) in [4.78, 5) is 17.9. The SMILES string of the molecule is CS(=O)c1ccc(CNC(=O)NCc2cn3ccsc3n2)cc1. The Hall–Kier alpha value is -2.19. The van der Waals surface area contributed by atoms with Crippen molar-refractivity contribution in [3.63, 3.8) is 0 Å². The highest BCUT2D eigenvalue weighted by atomic mass is 32.2. The third-order valence-electron chi connectivity index (χ3n) is 3.28. The van der Waals surface area contributed by atoms with E-state index in [0.29, 0.717) is 13.1 Å². The molecule has 0 aliphatic heterocycles. The number of aromatic nitrogens is 2. The second-order valence-corrected chi connectivity index (χ2v) is 7.21. The van der Waals surface area contributed by atoms with E-state index in [2.05, 4.69) is 15.6 Å². The van der Waals surface area contributed by atoms with Gasteiger partial charge in [0.1, 0.15) is 0 Å². The van der Waals surface area contributed by atoms with Crippen molar-refractivity contribution < 1.29 is 9.00 Å². The number of urea groups is 1. The molecule has 0 radical (unpaired) electrons. The molecule has 2 heterocycles. The molecule has 0 saturated heterocycles. The molecular formula is C15H16N4O2S2.